The highest BCUT2D eigenvalue weighted by atomic mass is 32.1. The SMILES string of the molecule is Cc1cccc(OCCCNC(=O)c2ccc[nH]c2=S)c1. The van der Waals surface area contributed by atoms with Crippen LogP contribution in [0.25, 0.3) is 0 Å². The summed E-state index contributed by atoms with van der Waals surface area (Å²) in [4.78, 5) is 14.7. The minimum Gasteiger partial charge on any atom is -0.494 e. The number of aromatic amines is 1. The molecular weight excluding hydrogens is 284 g/mol. The predicted molar refractivity (Wildman–Crippen MR) is 85.3 cm³/mol. The van der Waals surface area contributed by atoms with Crippen molar-refractivity contribution in [2.24, 2.45) is 0 Å². The molecule has 0 spiro atoms. The lowest BCUT2D eigenvalue weighted by Crippen LogP contribution is -2.26. The Balaban J connectivity index is 1.72. The number of nitrogens with one attached hydrogen (secondary N) is 2. The third-order valence-corrected chi connectivity index (χ3v) is 3.27. The smallest absolute Gasteiger partial charge is 0.254 e. The quantitative estimate of drug-likeness (QED) is 0.636. The minimum atomic E-state index is -0.160. The third kappa shape index (κ3) is 4.72. The first kappa shape index (κ1) is 15.3. The number of amides is 1. The Morgan fingerprint density at radius 1 is 1.33 bits per heavy atom. The molecule has 110 valence electrons. The summed E-state index contributed by atoms with van der Waals surface area (Å²) in [5.41, 5.74) is 1.66. The zero-order chi connectivity index (χ0) is 15.1. The Labute approximate surface area is 129 Å². The maximum absolute atomic E-state index is 11.9. The van der Waals surface area contributed by atoms with Crippen LogP contribution in [0.5, 0.6) is 5.75 Å². The molecule has 2 N–H and O–H groups in total. The van der Waals surface area contributed by atoms with E-state index in [2.05, 4.69) is 10.3 Å². The van der Waals surface area contributed by atoms with Gasteiger partial charge >= 0.3 is 0 Å². The largest absolute Gasteiger partial charge is 0.494 e. The predicted octanol–water partition coefficient (Wildman–Crippen LogP) is 3.25. The van der Waals surface area contributed by atoms with Crippen molar-refractivity contribution in [3.8, 4) is 5.75 Å². The van der Waals surface area contributed by atoms with Crippen LogP contribution in [0.4, 0.5) is 0 Å². The average molecular weight is 302 g/mol. The van der Waals surface area contributed by atoms with Gasteiger partial charge in [0.05, 0.1) is 12.2 Å². The molecule has 1 heterocycles. The van der Waals surface area contributed by atoms with Gasteiger partial charge in [-0.1, -0.05) is 24.4 Å². The Morgan fingerprint density at radius 3 is 2.95 bits per heavy atom. The number of rotatable bonds is 6. The molecule has 0 unspecified atom stereocenters. The van der Waals surface area contributed by atoms with Crippen molar-refractivity contribution >= 4 is 18.1 Å². The number of pyridine rings is 1. The van der Waals surface area contributed by atoms with E-state index in [1.807, 2.05) is 31.2 Å². The number of H-pyrrole nitrogens is 1. The van der Waals surface area contributed by atoms with Crippen molar-refractivity contribution < 1.29 is 9.53 Å². The number of hydrogen-bond donors (Lipinski definition) is 2. The van der Waals surface area contributed by atoms with Gasteiger partial charge in [0.25, 0.3) is 5.91 Å². The number of ether oxygens (including phenoxy) is 1. The van der Waals surface area contributed by atoms with E-state index < -0.39 is 0 Å². The summed E-state index contributed by atoms with van der Waals surface area (Å²) in [5, 5.41) is 2.83. The molecule has 1 amide bonds. The van der Waals surface area contributed by atoms with E-state index in [-0.39, 0.29) is 5.91 Å². The molecule has 2 aromatic rings. The second-order valence-electron chi connectivity index (χ2n) is 4.69. The molecule has 4 nitrogen and oxygen atoms in total. The van der Waals surface area contributed by atoms with Gasteiger partial charge in [0.1, 0.15) is 10.4 Å². The van der Waals surface area contributed by atoms with Gasteiger partial charge in [-0.25, -0.2) is 0 Å². The van der Waals surface area contributed by atoms with Gasteiger partial charge in [-0.3, -0.25) is 4.79 Å². The van der Waals surface area contributed by atoms with Crippen LogP contribution in [0.15, 0.2) is 42.6 Å². The molecule has 0 saturated heterocycles. The van der Waals surface area contributed by atoms with E-state index in [4.69, 9.17) is 17.0 Å². The first-order valence-electron chi connectivity index (χ1n) is 6.82. The van der Waals surface area contributed by atoms with Crippen LogP contribution in [0.2, 0.25) is 0 Å². The van der Waals surface area contributed by atoms with E-state index in [9.17, 15) is 4.79 Å². The summed E-state index contributed by atoms with van der Waals surface area (Å²) in [6.45, 7) is 3.13. The van der Waals surface area contributed by atoms with Crippen molar-refractivity contribution in [2.45, 2.75) is 13.3 Å². The molecule has 1 aromatic heterocycles. The highest BCUT2D eigenvalue weighted by Gasteiger charge is 2.06. The van der Waals surface area contributed by atoms with Gasteiger partial charge in [-0.15, -0.1) is 0 Å². The normalized spacial score (nSPS) is 10.1. The zero-order valence-electron chi connectivity index (χ0n) is 11.9. The standard InChI is InChI=1S/C16H18N2O2S/c1-12-5-2-6-13(11-12)20-10-4-9-17-15(19)14-7-3-8-18-16(14)21/h2-3,5-8,11H,4,9-10H2,1H3,(H,17,19)(H,18,21). The summed E-state index contributed by atoms with van der Waals surface area (Å²) in [6.07, 6.45) is 2.44. The van der Waals surface area contributed by atoms with E-state index in [1.54, 1.807) is 18.3 Å². The average Bonchev–Trinajstić information content (AvgIpc) is 2.47. The summed E-state index contributed by atoms with van der Waals surface area (Å²) in [5.74, 6) is 0.694. The molecule has 5 heteroatoms. The molecular formula is C16H18N2O2S. The lowest BCUT2D eigenvalue weighted by Gasteiger charge is -2.08. The van der Waals surface area contributed by atoms with E-state index in [1.165, 1.54) is 5.56 Å². The van der Waals surface area contributed by atoms with Gasteiger partial charge in [0.2, 0.25) is 0 Å². The van der Waals surface area contributed by atoms with Crippen molar-refractivity contribution in [3.63, 3.8) is 0 Å². The molecule has 21 heavy (non-hydrogen) atoms. The number of hydrogen-bond acceptors (Lipinski definition) is 3. The highest BCUT2D eigenvalue weighted by Crippen LogP contribution is 2.12. The lowest BCUT2D eigenvalue weighted by atomic mass is 10.2. The van der Waals surface area contributed by atoms with Crippen LogP contribution in [-0.2, 0) is 0 Å². The maximum Gasteiger partial charge on any atom is 0.254 e. The van der Waals surface area contributed by atoms with Crippen LogP contribution in [0.3, 0.4) is 0 Å². The summed E-state index contributed by atoms with van der Waals surface area (Å²) >= 11 is 5.06. The topological polar surface area (TPSA) is 54.1 Å². The molecule has 0 atom stereocenters. The zero-order valence-corrected chi connectivity index (χ0v) is 12.7. The molecule has 2 rings (SSSR count). The van der Waals surface area contributed by atoms with Crippen molar-refractivity contribution in [1.82, 2.24) is 10.3 Å². The second-order valence-corrected chi connectivity index (χ2v) is 5.10. The van der Waals surface area contributed by atoms with Gasteiger partial charge in [-0.05, 0) is 43.2 Å². The molecule has 0 saturated carbocycles. The van der Waals surface area contributed by atoms with Gasteiger partial charge in [0, 0.05) is 12.7 Å². The van der Waals surface area contributed by atoms with Gasteiger partial charge in [0.15, 0.2) is 0 Å². The fourth-order valence-electron chi connectivity index (χ4n) is 1.86. The van der Waals surface area contributed by atoms with Crippen LogP contribution in [0, 0.1) is 11.6 Å². The lowest BCUT2D eigenvalue weighted by molar-refractivity contribution is 0.0950. The molecule has 1 aromatic carbocycles. The molecule has 0 bridgehead atoms. The van der Waals surface area contributed by atoms with Crippen molar-refractivity contribution in [2.75, 3.05) is 13.2 Å². The minimum absolute atomic E-state index is 0.160. The van der Waals surface area contributed by atoms with E-state index >= 15 is 0 Å². The van der Waals surface area contributed by atoms with Crippen molar-refractivity contribution in [1.29, 1.82) is 0 Å². The Kier molecular flexibility index (Phi) is 5.51. The van der Waals surface area contributed by atoms with Crippen LogP contribution in [-0.4, -0.2) is 24.0 Å². The Bertz CT molecular complexity index is 667. The second kappa shape index (κ2) is 7.59. The fourth-order valence-corrected chi connectivity index (χ4v) is 2.09. The Morgan fingerprint density at radius 2 is 2.19 bits per heavy atom. The van der Waals surface area contributed by atoms with Gasteiger partial charge < -0.3 is 15.0 Å². The molecule has 0 aliphatic carbocycles. The number of aryl methyl sites for hydroxylation is 1. The molecule has 0 aliphatic rings. The monoisotopic (exact) mass is 302 g/mol. The van der Waals surface area contributed by atoms with E-state index in [0.29, 0.717) is 23.4 Å². The summed E-state index contributed by atoms with van der Waals surface area (Å²) in [6, 6.07) is 11.4. The Hall–Kier alpha value is -2.14. The number of carbonyl (C=O) groups excluding carboxylic acids is 1. The summed E-state index contributed by atoms with van der Waals surface area (Å²) < 4.78 is 6.07. The third-order valence-electron chi connectivity index (χ3n) is 2.93. The summed E-state index contributed by atoms with van der Waals surface area (Å²) in [7, 11) is 0. The first-order chi connectivity index (χ1) is 10.2. The highest BCUT2D eigenvalue weighted by molar-refractivity contribution is 7.71. The molecule has 0 aliphatic heterocycles. The van der Waals surface area contributed by atoms with Crippen LogP contribution in [0.1, 0.15) is 22.3 Å². The van der Waals surface area contributed by atoms with E-state index in [0.717, 1.165) is 12.2 Å². The number of aromatic nitrogens is 1. The molecule has 0 radical (unpaired) electrons. The number of benzene rings is 1. The van der Waals surface area contributed by atoms with Gasteiger partial charge in [-0.2, -0.15) is 0 Å². The van der Waals surface area contributed by atoms with Crippen molar-refractivity contribution in [3.05, 3.63) is 58.4 Å². The fraction of sp³-hybridized carbons (Fsp3) is 0.250. The van der Waals surface area contributed by atoms with Crippen LogP contribution < -0.4 is 10.1 Å². The first-order valence-corrected chi connectivity index (χ1v) is 7.23. The maximum atomic E-state index is 11.9. The molecule has 0 fully saturated rings. The van der Waals surface area contributed by atoms with Crippen LogP contribution >= 0.6 is 12.2 Å². The number of carbonyl (C=O) groups is 1.